The Bertz CT molecular complexity index is 720. The van der Waals surface area contributed by atoms with E-state index in [2.05, 4.69) is 28.7 Å². The predicted molar refractivity (Wildman–Crippen MR) is 84.9 cm³/mol. The molecule has 4 nitrogen and oxygen atoms in total. The second kappa shape index (κ2) is 6.01. The molecule has 0 unspecified atom stereocenters. The summed E-state index contributed by atoms with van der Waals surface area (Å²) in [7, 11) is 1.65. The third kappa shape index (κ3) is 3.08. The van der Waals surface area contributed by atoms with Gasteiger partial charge in [0.2, 0.25) is 0 Å². The van der Waals surface area contributed by atoms with Crippen LogP contribution in [0.2, 0.25) is 0 Å². The van der Waals surface area contributed by atoms with Crippen molar-refractivity contribution in [3.05, 3.63) is 52.7 Å². The first-order valence-corrected chi connectivity index (χ1v) is 7.49. The van der Waals surface area contributed by atoms with Crippen molar-refractivity contribution < 1.29 is 9.15 Å². The zero-order valence-corrected chi connectivity index (χ0v) is 12.7. The summed E-state index contributed by atoms with van der Waals surface area (Å²) in [4.78, 5) is 5.26. The summed E-state index contributed by atoms with van der Waals surface area (Å²) in [5.41, 5.74) is 3.20. The predicted octanol–water partition coefficient (Wildman–Crippen LogP) is 4.33. The zero-order chi connectivity index (χ0) is 14.7. The third-order valence-corrected chi connectivity index (χ3v) is 4.09. The summed E-state index contributed by atoms with van der Waals surface area (Å²) in [6.07, 6.45) is 3.10. The normalized spacial score (nSPS) is 10.6. The van der Waals surface area contributed by atoms with E-state index < -0.39 is 0 Å². The van der Waals surface area contributed by atoms with Crippen molar-refractivity contribution >= 4 is 17.0 Å². The van der Waals surface area contributed by atoms with Crippen LogP contribution in [-0.4, -0.2) is 12.1 Å². The molecule has 0 aliphatic carbocycles. The number of oxazole rings is 1. The molecule has 3 aromatic rings. The lowest BCUT2D eigenvalue weighted by Crippen LogP contribution is -1.99. The third-order valence-electron chi connectivity index (χ3n) is 3.18. The van der Waals surface area contributed by atoms with E-state index in [1.165, 1.54) is 16.8 Å². The highest BCUT2D eigenvalue weighted by Crippen LogP contribution is 2.32. The number of benzene rings is 1. The Kier molecular flexibility index (Phi) is 3.92. The molecule has 2 heterocycles. The average molecular weight is 300 g/mol. The van der Waals surface area contributed by atoms with Gasteiger partial charge in [-0.05, 0) is 36.1 Å². The first-order chi connectivity index (χ1) is 10.3. The maximum atomic E-state index is 5.44. The summed E-state index contributed by atoms with van der Waals surface area (Å²) in [6.45, 7) is 2.92. The van der Waals surface area contributed by atoms with Gasteiger partial charge in [-0.3, -0.25) is 0 Å². The van der Waals surface area contributed by atoms with Crippen LogP contribution in [0.4, 0.5) is 5.69 Å². The summed E-state index contributed by atoms with van der Waals surface area (Å²) >= 11 is 1.76. The molecule has 108 valence electrons. The van der Waals surface area contributed by atoms with Gasteiger partial charge in [-0.2, -0.15) is 0 Å². The minimum absolute atomic E-state index is 0.701. The van der Waals surface area contributed by atoms with E-state index in [9.17, 15) is 0 Å². The molecule has 1 N–H and O–H groups in total. The molecular formula is C16H16N2O2S. The van der Waals surface area contributed by atoms with Crippen LogP contribution in [0.15, 0.2) is 46.7 Å². The van der Waals surface area contributed by atoms with E-state index >= 15 is 0 Å². The van der Waals surface area contributed by atoms with Crippen LogP contribution < -0.4 is 10.1 Å². The number of ether oxygens (including phenoxy) is 1. The molecule has 5 heteroatoms. The largest absolute Gasteiger partial charge is 0.496 e. The second-order valence-electron chi connectivity index (χ2n) is 4.70. The minimum atomic E-state index is 0.701. The maximum Gasteiger partial charge on any atom is 0.181 e. The number of aryl methyl sites for hydroxylation is 1. The molecule has 0 spiro atoms. The molecule has 0 aliphatic rings. The molecule has 1 aromatic carbocycles. The molecule has 2 aromatic heterocycles. The van der Waals surface area contributed by atoms with Crippen molar-refractivity contribution in [3.63, 3.8) is 0 Å². The highest BCUT2D eigenvalue weighted by Gasteiger charge is 2.09. The summed E-state index contributed by atoms with van der Waals surface area (Å²) in [5, 5.41) is 5.57. The molecule has 0 saturated heterocycles. The first-order valence-electron chi connectivity index (χ1n) is 6.61. The lowest BCUT2D eigenvalue weighted by atomic mass is 10.1. The van der Waals surface area contributed by atoms with Crippen molar-refractivity contribution in [2.24, 2.45) is 0 Å². The number of anilines is 1. The van der Waals surface area contributed by atoms with Gasteiger partial charge in [0, 0.05) is 23.2 Å². The monoisotopic (exact) mass is 300 g/mol. The van der Waals surface area contributed by atoms with Gasteiger partial charge in [-0.1, -0.05) is 0 Å². The molecule has 0 radical (unpaired) electrons. The number of thiophene rings is 1. The Balaban J connectivity index is 1.78. The van der Waals surface area contributed by atoms with Crippen molar-refractivity contribution in [3.8, 4) is 17.1 Å². The van der Waals surface area contributed by atoms with Crippen molar-refractivity contribution in [2.45, 2.75) is 13.5 Å². The van der Waals surface area contributed by atoms with Crippen molar-refractivity contribution in [2.75, 3.05) is 12.4 Å². The van der Waals surface area contributed by atoms with Crippen LogP contribution in [0, 0.1) is 6.92 Å². The molecule has 0 aliphatic heterocycles. The molecule has 0 fully saturated rings. The van der Waals surface area contributed by atoms with Gasteiger partial charge < -0.3 is 14.5 Å². The van der Waals surface area contributed by atoms with Gasteiger partial charge in [-0.25, -0.2) is 4.98 Å². The van der Waals surface area contributed by atoms with E-state index in [4.69, 9.17) is 9.15 Å². The van der Waals surface area contributed by atoms with Gasteiger partial charge >= 0.3 is 0 Å². The number of methoxy groups -OCH3 is 1. The van der Waals surface area contributed by atoms with E-state index in [0.717, 1.165) is 23.5 Å². The molecule has 3 rings (SSSR count). The van der Waals surface area contributed by atoms with E-state index in [1.54, 1.807) is 24.6 Å². The minimum Gasteiger partial charge on any atom is -0.496 e. The number of hydrogen-bond acceptors (Lipinski definition) is 5. The van der Waals surface area contributed by atoms with Crippen LogP contribution in [-0.2, 0) is 6.54 Å². The van der Waals surface area contributed by atoms with Gasteiger partial charge in [0.05, 0.1) is 18.9 Å². The quantitative estimate of drug-likeness (QED) is 0.761. The van der Waals surface area contributed by atoms with Crippen LogP contribution in [0.5, 0.6) is 5.75 Å². The van der Waals surface area contributed by atoms with Crippen molar-refractivity contribution in [1.82, 2.24) is 4.98 Å². The van der Waals surface area contributed by atoms with E-state index in [0.29, 0.717) is 5.76 Å². The van der Waals surface area contributed by atoms with Crippen LogP contribution in [0.1, 0.15) is 10.4 Å². The molecule has 0 amide bonds. The Hall–Kier alpha value is -2.27. The van der Waals surface area contributed by atoms with E-state index in [1.807, 2.05) is 18.2 Å². The number of nitrogens with zero attached hydrogens (tertiary/aromatic N) is 1. The Morgan fingerprint density at radius 3 is 2.90 bits per heavy atom. The maximum absolute atomic E-state index is 5.44. The number of rotatable bonds is 5. The Morgan fingerprint density at radius 1 is 1.33 bits per heavy atom. The average Bonchev–Trinajstić information content (AvgIpc) is 3.16. The Morgan fingerprint density at radius 2 is 2.24 bits per heavy atom. The highest BCUT2D eigenvalue weighted by atomic mass is 32.1. The fourth-order valence-corrected chi connectivity index (χ4v) is 2.86. The van der Waals surface area contributed by atoms with Crippen LogP contribution in [0.3, 0.4) is 0 Å². The van der Waals surface area contributed by atoms with Crippen LogP contribution in [0.25, 0.3) is 11.3 Å². The smallest absolute Gasteiger partial charge is 0.181 e. The molecule has 21 heavy (non-hydrogen) atoms. The van der Waals surface area contributed by atoms with Crippen molar-refractivity contribution in [1.29, 1.82) is 0 Å². The fraction of sp³-hybridized carbons (Fsp3) is 0.188. The topological polar surface area (TPSA) is 47.3 Å². The lowest BCUT2D eigenvalue weighted by molar-refractivity contribution is 0.415. The lowest BCUT2D eigenvalue weighted by Gasteiger charge is -2.10. The van der Waals surface area contributed by atoms with Gasteiger partial charge in [0.25, 0.3) is 0 Å². The number of aromatic nitrogens is 1. The Labute approximate surface area is 127 Å². The van der Waals surface area contributed by atoms with Crippen LogP contribution >= 0.6 is 11.3 Å². The van der Waals surface area contributed by atoms with E-state index in [-0.39, 0.29) is 0 Å². The summed E-state index contributed by atoms with van der Waals surface area (Å²) < 4.78 is 10.8. The highest BCUT2D eigenvalue weighted by molar-refractivity contribution is 7.10. The first kappa shape index (κ1) is 13.7. The summed E-state index contributed by atoms with van der Waals surface area (Å²) in [5.74, 6) is 1.46. The fourth-order valence-electron chi connectivity index (χ4n) is 2.15. The molecule has 0 saturated carbocycles. The summed E-state index contributed by atoms with van der Waals surface area (Å²) in [6, 6.07) is 8.15. The molecule has 0 atom stereocenters. The van der Waals surface area contributed by atoms with Gasteiger partial charge in [-0.15, -0.1) is 11.3 Å². The van der Waals surface area contributed by atoms with Gasteiger partial charge in [0.15, 0.2) is 12.2 Å². The zero-order valence-electron chi connectivity index (χ0n) is 11.9. The molecular weight excluding hydrogens is 284 g/mol. The SMILES string of the molecule is COc1cc(NCc2csc(C)c2)ccc1-c1cnco1. The molecule has 0 bridgehead atoms. The standard InChI is InChI=1S/C16H16N2O2S/c1-11-5-12(9-21-11)7-18-13-3-4-14(15(6-13)19-2)16-8-17-10-20-16/h3-6,8-10,18H,7H2,1-2H3. The number of nitrogens with one attached hydrogen (secondary N) is 1. The number of hydrogen-bond donors (Lipinski definition) is 1. The van der Waals surface area contributed by atoms with Gasteiger partial charge in [0.1, 0.15) is 5.75 Å². The second-order valence-corrected chi connectivity index (χ2v) is 5.82.